The summed E-state index contributed by atoms with van der Waals surface area (Å²) in [5.74, 6) is 0.378. The normalized spacial score (nSPS) is 14.9. The number of aryl methyl sites for hydroxylation is 2. The Bertz CT molecular complexity index is 3370. The molecule has 1 saturated heterocycles. The number of likely N-dealkylation sites (N-methyl/N-ethyl adjacent to an activating group) is 1. The van der Waals surface area contributed by atoms with Crippen molar-refractivity contribution in [2.45, 2.75) is 25.9 Å². The lowest BCUT2D eigenvalue weighted by Crippen LogP contribution is -2.46. The van der Waals surface area contributed by atoms with Gasteiger partial charge in [0.15, 0.2) is 0 Å². The zero-order chi connectivity index (χ0) is 48.5. The number of fused-ring (bicyclic) bond motifs is 3. The van der Waals surface area contributed by atoms with E-state index in [1.165, 1.54) is 72.0 Å². The molecular formula is C67H57N5. The Morgan fingerprint density at radius 3 is 1.21 bits per heavy atom. The van der Waals surface area contributed by atoms with Crippen LogP contribution in [0.15, 0.2) is 249 Å². The zero-order valence-corrected chi connectivity index (χ0v) is 41.0. The van der Waals surface area contributed by atoms with Gasteiger partial charge in [-0.15, -0.1) is 0 Å². The second-order valence-electron chi connectivity index (χ2n) is 19.3. The fourth-order valence-corrected chi connectivity index (χ4v) is 11.1. The van der Waals surface area contributed by atoms with E-state index in [0.29, 0.717) is 5.92 Å². The van der Waals surface area contributed by atoms with E-state index in [2.05, 4.69) is 294 Å². The molecule has 11 aromatic rings. The molecule has 0 amide bonds. The lowest BCUT2D eigenvalue weighted by molar-refractivity contribution is 0.150. The van der Waals surface area contributed by atoms with Gasteiger partial charge in [0.2, 0.25) is 0 Å². The number of nitrogens with one attached hydrogen (secondary N) is 1. The van der Waals surface area contributed by atoms with Crippen LogP contribution in [0.5, 0.6) is 0 Å². The summed E-state index contributed by atoms with van der Waals surface area (Å²) >= 11 is 0. The molecule has 12 rings (SSSR count). The molecule has 350 valence electrons. The van der Waals surface area contributed by atoms with E-state index in [-0.39, 0.29) is 6.17 Å². The fourth-order valence-electron chi connectivity index (χ4n) is 11.1. The quantitative estimate of drug-likeness (QED) is 0.140. The maximum Gasteiger partial charge on any atom is 0.0858 e. The Morgan fingerprint density at radius 1 is 0.403 bits per heavy atom. The van der Waals surface area contributed by atoms with Crippen molar-refractivity contribution >= 4 is 55.9 Å². The minimum absolute atomic E-state index is 0.211. The predicted molar refractivity (Wildman–Crippen MR) is 303 cm³/mol. The monoisotopic (exact) mass is 931 g/mol. The van der Waals surface area contributed by atoms with Crippen molar-refractivity contribution in [3.8, 4) is 27.9 Å². The van der Waals surface area contributed by atoms with Crippen molar-refractivity contribution in [3.05, 3.63) is 271 Å². The molecule has 0 aliphatic carbocycles. The molecule has 0 bridgehead atoms. The molecule has 5 heteroatoms. The molecule has 0 spiro atoms. The van der Waals surface area contributed by atoms with Gasteiger partial charge >= 0.3 is 0 Å². The summed E-state index contributed by atoms with van der Waals surface area (Å²) in [6, 6.07) is 90.2. The largest absolute Gasteiger partial charge is 0.311 e. The highest BCUT2D eigenvalue weighted by Crippen LogP contribution is 2.42. The van der Waals surface area contributed by atoms with Gasteiger partial charge in [-0.05, 0) is 169 Å². The molecule has 5 nitrogen and oxygen atoms in total. The van der Waals surface area contributed by atoms with E-state index in [4.69, 9.17) is 0 Å². The van der Waals surface area contributed by atoms with Gasteiger partial charge < -0.3 is 14.4 Å². The van der Waals surface area contributed by atoms with E-state index in [1.54, 1.807) is 0 Å². The third-order valence-corrected chi connectivity index (χ3v) is 14.6. The van der Waals surface area contributed by atoms with Crippen LogP contribution in [-0.2, 0) is 0 Å². The molecule has 10 aromatic carbocycles. The summed E-state index contributed by atoms with van der Waals surface area (Å²) in [6.07, 6.45) is 0.211. The minimum Gasteiger partial charge on any atom is -0.311 e. The fraction of sp³-hybridized carbons (Fsp3) is 0.104. The van der Waals surface area contributed by atoms with Crippen molar-refractivity contribution in [1.82, 2.24) is 14.8 Å². The SMILES string of the molecule is Cc1cc(-n2c3ccc(-c4ccc(N(c5ccccc5)c5ccccc5)cc4)cc3c3cc(-c4ccc(N(c5ccccc5)c5ccccc5)cc4)ccc32)c(C)cc1C1CNC(c2ccccc2)N(C)C1. The minimum atomic E-state index is 0.211. The lowest BCUT2D eigenvalue weighted by Gasteiger charge is -2.39. The van der Waals surface area contributed by atoms with E-state index in [9.17, 15) is 0 Å². The highest BCUT2D eigenvalue weighted by molar-refractivity contribution is 6.12. The van der Waals surface area contributed by atoms with Crippen molar-refractivity contribution < 1.29 is 0 Å². The molecular weight excluding hydrogens is 875 g/mol. The van der Waals surface area contributed by atoms with Gasteiger partial charge in [0.05, 0.1) is 17.2 Å². The summed E-state index contributed by atoms with van der Waals surface area (Å²) in [4.78, 5) is 7.09. The molecule has 1 N–H and O–H groups in total. The first-order valence-electron chi connectivity index (χ1n) is 25.1. The Morgan fingerprint density at radius 2 is 0.792 bits per heavy atom. The molecule has 0 radical (unpaired) electrons. The van der Waals surface area contributed by atoms with Gasteiger partial charge in [0.25, 0.3) is 0 Å². The summed E-state index contributed by atoms with van der Waals surface area (Å²) in [6.45, 7) is 6.50. The van der Waals surface area contributed by atoms with Crippen LogP contribution in [-0.4, -0.2) is 29.6 Å². The third kappa shape index (κ3) is 8.53. The second-order valence-corrected chi connectivity index (χ2v) is 19.3. The smallest absolute Gasteiger partial charge is 0.0858 e. The van der Waals surface area contributed by atoms with Crippen LogP contribution in [0.3, 0.4) is 0 Å². The molecule has 72 heavy (non-hydrogen) atoms. The molecule has 1 aromatic heterocycles. The number of nitrogens with zero attached hydrogens (tertiary/aromatic N) is 4. The van der Waals surface area contributed by atoms with Crippen LogP contribution in [0.1, 0.15) is 34.3 Å². The number of hydrogen-bond donors (Lipinski definition) is 1. The number of rotatable bonds is 11. The van der Waals surface area contributed by atoms with Gasteiger partial charge in [-0.3, -0.25) is 10.2 Å². The van der Waals surface area contributed by atoms with Crippen LogP contribution >= 0.6 is 0 Å². The predicted octanol–water partition coefficient (Wildman–Crippen LogP) is 17.0. The molecule has 1 aliphatic rings. The first-order valence-corrected chi connectivity index (χ1v) is 25.1. The number of para-hydroxylation sites is 4. The van der Waals surface area contributed by atoms with Crippen LogP contribution in [0, 0.1) is 13.8 Å². The maximum absolute atomic E-state index is 3.87. The van der Waals surface area contributed by atoms with E-state index < -0.39 is 0 Å². The zero-order valence-electron chi connectivity index (χ0n) is 41.0. The van der Waals surface area contributed by atoms with E-state index in [0.717, 1.165) is 47.2 Å². The van der Waals surface area contributed by atoms with Gasteiger partial charge in [-0.2, -0.15) is 0 Å². The molecule has 1 aliphatic heterocycles. The van der Waals surface area contributed by atoms with Crippen LogP contribution in [0.4, 0.5) is 34.1 Å². The summed E-state index contributed by atoms with van der Waals surface area (Å²) < 4.78 is 2.50. The first-order chi connectivity index (χ1) is 35.4. The number of anilines is 6. The molecule has 1 fully saturated rings. The van der Waals surface area contributed by atoms with Gasteiger partial charge in [0, 0.05) is 69.6 Å². The Kier molecular flexibility index (Phi) is 12.0. The standard InChI is InChI=1S/C67H57N5/c1-47-42-66(48(2)41-61(47)54-45-68-67(69(3)46-54)51-19-9-4-10-20-51)72-64-39-33-52(49-29-35-59(36-30-49)70(55-21-11-5-12-22-55)56-23-13-6-14-24-56)43-62(64)63-44-53(34-40-65(63)72)50-31-37-60(38-32-50)71(57-25-15-7-16-26-57)58-27-17-8-18-28-58/h4-44,54,67-68H,45-46H2,1-3H3. The Labute approximate surface area is 423 Å². The average Bonchev–Trinajstić information content (AvgIpc) is 3.76. The number of hydrogen-bond acceptors (Lipinski definition) is 4. The highest BCUT2D eigenvalue weighted by Gasteiger charge is 2.29. The average molecular weight is 932 g/mol. The molecule has 0 saturated carbocycles. The molecule has 2 atom stereocenters. The Hall–Kier alpha value is -8.48. The number of benzene rings is 10. The first kappa shape index (κ1) is 44.7. The summed E-state index contributed by atoms with van der Waals surface area (Å²) in [5.41, 5.74) is 20.3. The van der Waals surface area contributed by atoms with Gasteiger partial charge in [-0.25, -0.2) is 0 Å². The van der Waals surface area contributed by atoms with E-state index >= 15 is 0 Å². The van der Waals surface area contributed by atoms with Crippen molar-refractivity contribution in [2.75, 3.05) is 29.9 Å². The van der Waals surface area contributed by atoms with Crippen LogP contribution < -0.4 is 15.1 Å². The summed E-state index contributed by atoms with van der Waals surface area (Å²) in [7, 11) is 2.24. The highest BCUT2D eigenvalue weighted by atomic mass is 15.3. The topological polar surface area (TPSA) is 26.7 Å². The van der Waals surface area contributed by atoms with Crippen LogP contribution in [0.2, 0.25) is 0 Å². The van der Waals surface area contributed by atoms with Crippen LogP contribution in [0.25, 0.3) is 49.7 Å². The lowest BCUT2D eigenvalue weighted by atomic mass is 9.89. The van der Waals surface area contributed by atoms with E-state index in [1.807, 2.05) is 0 Å². The van der Waals surface area contributed by atoms with Crippen molar-refractivity contribution in [1.29, 1.82) is 0 Å². The van der Waals surface area contributed by atoms with Crippen molar-refractivity contribution in [2.24, 2.45) is 0 Å². The third-order valence-electron chi connectivity index (χ3n) is 14.6. The van der Waals surface area contributed by atoms with Gasteiger partial charge in [0.1, 0.15) is 0 Å². The molecule has 2 unspecified atom stereocenters. The summed E-state index contributed by atoms with van der Waals surface area (Å²) in [5, 5.41) is 6.33. The maximum atomic E-state index is 3.87. The molecule has 2 heterocycles. The number of aromatic nitrogens is 1. The van der Waals surface area contributed by atoms with Crippen molar-refractivity contribution in [3.63, 3.8) is 0 Å². The van der Waals surface area contributed by atoms with Gasteiger partial charge in [-0.1, -0.05) is 146 Å². The Balaban J connectivity index is 0.941. The second kappa shape index (κ2) is 19.4.